The van der Waals surface area contributed by atoms with Crippen molar-refractivity contribution in [2.45, 2.75) is 32.1 Å². The van der Waals surface area contributed by atoms with Gasteiger partial charge in [0.1, 0.15) is 5.82 Å². The predicted molar refractivity (Wildman–Crippen MR) is 47.7 cm³/mol. The lowest BCUT2D eigenvalue weighted by atomic mass is 9.96. The van der Waals surface area contributed by atoms with Crippen molar-refractivity contribution in [3.05, 3.63) is 35.1 Å². The van der Waals surface area contributed by atoms with Crippen molar-refractivity contribution in [3.63, 3.8) is 0 Å². The molecule has 0 nitrogen and oxygen atoms in total. The molecule has 0 N–H and O–H groups in total. The Balaban J connectivity index is 2.42. The van der Waals surface area contributed by atoms with E-state index in [-0.39, 0.29) is 5.82 Å². The minimum atomic E-state index is 0.0530. The van der Waals surface area contributed by atoms with Gasteiger partial charge in [-0.25, -0.2) is 4.39 Å². The average molecular weight is 164 g/mol. The molecule has 0 aromatic heterocycles. The number of fused-ring (bicyclic) bond motifs is 2. The average Bonchev–Trinajstić information content (AvgIpc) is 2.10. The van der Waals surface area contributed by atoms with E-state index in [0.717, 1.165) is 36.8 Å². The molecule has 1 aromatic rings. The van der Waals surface area contributed by atoms with Gasteiger partial charge in [0.25, 0.3) is 0 Å². The van der Waals surface area contributed by atoms with Gasteiger partial charge in [-0.15, -0.1) is 0 Å². The quantitative estimate of drug-likeness (QED) is 0.552. The molecule has 0 saturated carbocycles. The Morgan fingerprint density at radius 1 is 0.917 bits per heavy atom. The first-order chi connectivity index (χ1) is 5.88. The third-order valence-corrected chi connectivity index (χ3v) is 2.55. The predicted octanol–water partition coefficient (Wildman–Crippen LogP) is 3.09. The maximum absolute atomic E-state index is 13.5. The van der Waals surface area contributed by atoms with E-state index in [1.807, 2.05) is 18.2 Å². The summed E-state index contributed by atoms with van der Waals surface area (Å²) in [5, 5.41) is 0. The molecule has 2 rings (SSSR count). The van der Waals surface area contributed by atoms with Crippen LogP contribution in [-0.2, 0) is 12.8 Å². The number of aryl methyl sites for hydroxylation is 2. The number of rotatable bonds is 0. The molecular formula is C11H13F. The van der Waals surface area contributed by atoms with Crippen molar-refractivity contribution < 1.29 is 4.39 Å². The van der Waals surface area contributed by atoms with E-state index >= 15 is 0 Å². The molecule has 1 aromatic carbocycles. The molecular weight excluding hydrogens is 151 g/mol. The van der Waals surface area contributed by atoms with Crippen LogP contribution in [0.4, 0.5) is 4.39 Å². The Morgan fingerprint density at radius 2 is 1.50 bits per heavy atom. The lowest BCUT2D eigenvalue weighted by Crippen LogP contribution is -2.01. The lowest BCUT2D eigenvalue weighted by Gasteiger charge is -2.11. The van der Waals surface area contributed by atoms with E-state index in [9.17, 15) is 4.39 Å². The maximum atomic E-state index is 13.5. The first-order valence-electron chi connectivity index (χ1n) is 4.64. The molecule has 0 atom stereocenters. The Labute approximate surface area is 72.4 Å². The van der Waals surface area contributed by atoms with Crippen LogP contribution < -0.4 is 0 Å². The maximum Gasteiger partial charge on any atom is 0.129 e. The monoisotopic (exact) mass is 164 g/mol. The third-order valence-electron chi connectivity index (χ3n) is 2.55. The molecule has 64 valence electrons. The molecule has 0 saturated heterocycles. The Hall–Kier alpha value is -0.850. The topological polar surface area (TPSA) is 0 Å². The highest BCUT2D eigenvalue weighted by Gasteiger charge is 2.09. The zero-order chi connectivity index (χ0) is 8.39. The van der Waals surface area contributed by atoms with E-state index in [4.69, 9.17) is 0 Å². The van der Waals surface area contributed by atoms with Crippen LogP contribution in [0.2, 0.25) is 0 Å². The molecule has 0 amide bonds. The molecule has 2 bridgehead atoms. The van der Waals surface area contributed by atoms with Gasteiger partial charge in [-0.05, 0) is 36.8 Å². The van der Waals surface area contributed by atoms with Crippen LogP contribution in [0.5, 0.6) is 0 Å². The number of hydrogen-bond donors (Lipinski definition) is 0. The molecule has 0 aliphatic heterocycles. The van der Waals surface area contributed by atoms with Crippen LogP contribution in [0.25, 0.3) is 0 Å². The number of halogens is 1. The molecule has 0 heterocycles. The van der Waals surface area contributed by atoms with Gasteiger partial charge >= 0.3 is 0 Å². The van der Waals surface area contributed by atoms with E-state index in [1.54, 1.807) is 0 Å². The highest BCUT2D eigenvalue weighted by molar-refractivity contribution is 5.26. The summed E-state index contributed by atoms with van der Waals surface area (Å²) in [7, 11) is 0. The van der Waals surface area contributed by atoms with Crippen LogP contribution in [0.1, 0.15) is 30.4 Å². The van der Waals surface area contributed by atoms with Crippen molar-refractivity contribution in [1.82, 2.24) is 0 Å². The second-order valence-electron chi connectivity index (χ2n) is 3.45. The van der Waals surface area contributed by atoms with Crippen LogP contribution >= 0.6 is 0 Å². The second kappa shape index (κ2) is 3.26. The van der Waals surface area contributed by atoms with E-state index in [2.05, 4.69) is 0 Å². The minimum Gasteiger partial charge on any atom is -0.206 e. The van der Waals surface area contributed by atoms with Gasteiger partial charge in [0.05, 0.1) is 0 Å². The second-order valence-corrected chi connectivity index (χ2v) is 3.45. The van der Waals surface area contributed by atoms with E-state index in [1.165, 1.54) is 6.42 Å². The number of hydrogen-bond acceptors (Lipinski definition) is 0. The molecule has 12 heavy (non-hydrogen) atoms. The molecule has 0 radical (unpaired) electrons. The van der Waals surface area contributed by atoms with Gasteiger partial charge < -0.3 is 0 Å². The summed E-state index contributed by atoms with van der Waals surface area (Å²) in [5.74, 6) is 0.0530. The fraction of sp³-hybridized carbons (Fsp3) is 0.455. The van der Waals surface area contributed by atoms with Crippen molar-refractivity contribution in [3.8, 4) is 0 Å². The molecule has 0 spiro atoms. The molecule has 0 unspecified atom stereocenters. The van der Waals surface area contributed by atoms with Gasteiger partial charge in [0, 0.05) is 0 Å². The van der Waals surface area contributed by atoms with Crippen molar-refractivity contribution in [1.29, 1.82) is 0 Å². The zero-order valence-electron chi connectivity index (χ0n) is 7.15. The fourth-order valence-electron chi connectivity index (χ4n) is 1.83. The smallest absolute Gasteiger partial charge is 0.129 e. The summed E-state index contributed by atoms with van der Waals surface area (Å²) in [6.45, 7) is 0. The first kappa shape index (κ1) is 7.78. The van der Waals surface area contributed by atoms with Crippen molar-refractivity contribution in [2.75, 3.05) is 0 Å². The Bertz CT molecular complexity index is 254. The molecule has 1 heteroatoms. The molecule has 1 aliphatic carbocycles. The highest BCUT2D eigenvalue weighted by atomic mass is 19.1. The van der Waals surface area contributed by atoms with Gasteiger partial charge in [-0.3, -0.25) is 0 Å². The summed E-state index contributed by atoms with van der Waals surface area (Å²) in [6.07, 6.45) is 5.35. The van der Waals surface area contributed by atoms with Gasteiger partial charge in [-0.2, -0.15) is 0 Å². The van der Waals surface area contributed by atoms with Crippen LogP contribution in [0, 0.1) is 5.82 Å². The van der Waals surface area contributed by atoms with Gasteiger partial charge in [-0.1, -0.05) is 24.6 Å². The normalized spacial score (nSPS) is 16.8. The SMILES string of the molecule is Fc1c2cccc1CCCCC2. The fourth-order valence-corrected chi connectivity index (χ4v) is 1.83. The summed E-state index contributed by atoms with van der Waals surface area (Å²) in [4.78, 5) is 0. The number of benzene rings is 1. The summed E-state index contributed by atoms with van der Waals surface area (Å²) >= 11 is 0. The van der Waals surface area contributed by atoms with Crippen LogP contribution in [0.3, 0.4) is 0 Å². The van der Waals surface area contributed by atoms with Crippen molar-refractivity contribution in [2.24, 2.45) is 0 Å². The highest BCUT2D eigenvalue weighted by Crippen LogP contribution is 2.20. The minimum absolute atomic E-state index is 0.0530. The third kappa shape index (κ3) is 1.36. The molecule has 1 aliphatic rings. The summed E-state index contributed by atoms with van der Waals surface area (Å²) < 4.78 is 13.5. The van der Waals surface area contributed by atoms with Gasteiger partial charge in [0.15, 0.2) is 0 Å². The Morgan fingerprint density at radius 3 is 2.08 bits per heavy atom. The van der Waals surface area contributed by atoms with Crippen LogP contribution in [-0.4, -0.2) is 0 Å². The lowest BCUT2D eigenvalue weighted by molar-refractivity contribution is 0.555. The standard InChI is InChI=1S/C11H13F/c12-11-9-5-2-1-3-6-10(11)8-4-7-9/h4,7-8H,1-3,5-6H2. The largest absolute Gasteiger partial charge is 0.206 e. The Kier molecular flexibility index (Phi) is 2.11. The van der Waals surface area contributed by atoms with E-state index in [0.29, 0.717) is 0 Å². The van der Waals surface area contributed by atoms with Crippen LogP contribution in [0.15, 0.2) is 18.2 Å². The first-order valence-corrected chi connectivity index (χ1v) is 4.64. The van der Waals surface area contributed by atoms with E-state index < -0.39 is 0 Å². The molecule has 0 fully saturated rings. The summed E-state index contributed by atoms with van der Waals surface area (Å²) in [6, 6.07) is 5.79. The van der Waals surface area contributed by atoms with Crippen molar-refractivity contribution >= 4 is 0 Å². The zero-order valence-corrected chi connectivity index (χ0v) is 7.15. The summed E-state index contributed by atoms with van der Waals surface area (Å²) in [5.41, 5.74) is 1.82. The van der Waals surface area contributed by atoms with Gasteiger partial charge in [0.2, 0.25) is 0 Å².